The minimum Gasteiger partial charge on any atom is -0.497 e. The average Bonchev–Trinajstić information content (AvgIpc) is 1.99. The SMILES string of the molecule is COc1cc(N)cc(OC(C)(C)C)c1. The standard InChI is InChI=1S/C11H17NO2/c1-11(2,3)14-10-6-8(12)5-9(7-10)13-4/h5-7H,12H2,1-4H3. The maximum atomic E-state index is 5.69. The summed E-state index contributed by atoms with van der Waals surface area (Å²) in [4.78, 5) is 0. The molecule has 0 atom stereocenters. The molecule has 0 heterocycles. The van der Waals surface area contributed by atoms with E-state index in [0.717, 1.165) is 5.75 Å². The van der Waals surface area contributed by atoms with Gasteiger partial charge in [-0.2, -0.15) is 0 Å². The van der Waals surface area contributed by atoms with Crippen LogP contribution >= 0.6 is 0 Å². The van der Waals surface area contributed by atoms with Crippen molar-refractivity contribution in [1.82, 2.24) is 0 Å². The zero-order valence-corrected chi connectivity index (χ0v) is 9.13. The van der Waals surface area contributed by atoms with Gasteiger partial charge in [0.15, 0.2) is 0 Å². The Labute approximate surface area is 84.8 Å². The molecule has 0 aliphatic carbocycles. The number of ether oxygens (including phenoxy) is 2. The van der Waals surface area contributed by atoms with Crippen LogP contribution in [0.2, 0.25) is 0 Å². The van der Waals surface area contributed by atoms with E-state index in [9.17, 15) is 0 Å². The minimum absolute atomic E-state index is 0.223. The van der Waals surface area contributed by atoms with E-state index in [-0.39, 0.29) is 5.60 Å². The zero-order chi connectivity index (χ0) is 10.8. The summed E-state index contributed by atoms with van der Waals surface area (Å²) in [7, 11) is 1.61. The largest absolute Gasteiger partial charge is 0.497 e. The molecule has 0 unspecified atom stereocenters. The fourth-order valence-electron chi connectivity index (χ4n) is 1.12. The highest BCUT2D eigenvalue weighted by Gasteiger charge is 2.12. The second-order valence-electron chi connectivity index (χ2n) is 4.16. The molecule has 1 rings (SSSR count). The Morgan fingerprint density at radius 1 is 1.07 bits per heavy atom. The second kappa shape index (κ2) is 3.78. The number of nitrogens with two attached hydrogens (primary N) is 1. The lowest BCUT2D eigenvalue weighted by Crippen LogP contribution is -2.22. The van der Waals surface area contributed by atoms with Gasteiger partial charge < -0.3 is 15.2 Å². The van der Waals surface area contributed by atoms with E-state index in [4.69, 9.17) is 15.2 Å². The Bertz CT molecular complexity index is 316. The maximum absolute atomic E-state index is 5.69. The predicted octanol–water partition coefficient (Wildman–Crippen LogP) is 2.45. The predicted molar refractivity (Wildman–Crippen MR) is 57.8 cm³/mol. The van der Waals surface area contributed by atoms with Gasteiger partial charge in [0, 0.05) is 23.9 Å². The zero-order valence-electron chi connectivity index (χ0n) is 9.13. The van der Waals surface area contributed by atoms with E-state index in [2.05, 4.69) is 0 Å². The fraction of sp³-hybridized carbons (Fsp3) is 0.455. The molecule has 0 spiro atoms. The molecule has 3 heteroatoms. The lowest BCUT2D eigenvalue weighted by Gasteiger charge is -2.21. The molecule has 2 N–H and O–H groups in total. The van der Waals surface area contributed by atoms with Crippen LogP contribution in [-0.2, 0) is 0 Å². The molecule has 0 radical (unpaired) electrons. The van der Waals surface area contributed by atoms with E-state index < -0.39 is 0 Å². The van der Waals surface area contributed by atoms with Crippen molar-refractivity contribution in [1.29, 1.82) is 0 Å². The van der Waals surface area contributed by atoms with E-state index in [0.29, 0.717) is 11.4 Å². The number of rotatable bonds is 2. The molecule has 78 valence electrons. The molecule has 0 saturated carbocycles. The van der Waals surface area contributed by atoms with Crippen molar-refractivity contribution >= 4 is 5.69 Å². The molecular weight excluding hydrogens is 178 g/mol. The van der Waals surface area contributed by atoms with Gasteiger partial charge in [0.25, 0.3) is 0 Å². The van der Waals surface area contributed by atoms with Gasteiger partial charge >= 0.3 is 0 Å². The number of benzene rings is 1. The summed E-state index contributed by atoms with van der Waals surface area (Å²) >= 11 is 0. The summed E-state index contributed by atoms with van der Waals surface area (Å²) in [6.07, 6.45) is 0. The third-order valence-corrected chi connectivity index (χ3v) is 1.56. The number of nitrogen functional groups attached to an aromatic ring is 1. The Hall–Kier alpha value is -1.38. The molecule has 0 amide bonds. The van der Waals surface area contributed by atoms with Crippen LogP contribution in [0.4, 0.5) is 5.69 Å². The minimum atomic E-state index is -0.223. The first kappa shape index (κ1) is 10.7. The first-order valence-electron chi connectivity index (χ1n) is 4.54. The van der Waals surface area contributed by atoms with Crippen LogP contribution < -0.4 is 15.2 Å². The van der Waals surface area contributed by atoms with Crippen LogP contribution in [0, 0.1) is 0 Å². The van der Waals surface area contributed by atoms with Crippen molar-refractivity contribution in [3.63, 3.8) is 0 Å². The summed E-state index contributed by atoms with van der Waals surface area (Å²) in [6, 6.07) is 5.37. The van der Waals surface area contributed by atoms with Crippen molar-refractivity contribution < 1.29 is 9.47 Å². The van der Waals surface area contributed by atoms with Gasteiger partial charge in [0.2, 0.25) is 0 Å². The van der Waals surface area contributed by atoms with E-state index in [1.807, 2.05) is 26.8 Å². The summed E-state index contributed by atoms with van der Waals surface area (Å²) in [5, 5.41) is 0. The molecule has 1 aromatic rings. The van der Waals surface area contributed by atoms with Crippen molar-refractivity contribution in [3.05, 3.63) is 18.2 Å². The Kier molecular flexibility index (Phi) is 2.89. The van der Waals surface area contributed by atoms with Gasteiger partial charge in [-0.05, 0) is 20.8 Å². The van der Waals surface area contributed by atoms with Gasteiger partial charge in [-0.25, -0.2) is 0 Å². The van der Waals surface area contributed by atoms with Crippen molar-refractivity contribution in [2.75, 3.05) is 12.8 Å². The Morgan fingerprint density at radius 2 is 1.64 bits per heavy atom. The number of hydrogen-bond acceptors (Lipinski definition) is 3. The van der Waals surface area contributed by atoms with Gasteiger partial charge in [-0.3, -0.25) is 0 Å². The molecular formula is C11H17NO2. The quantitative estimate of drug-likeness (QED) is 0.737. The Balaban J connectivity index is 2.92. The highest BCUT2D eigenvalue weighted by Crippen LogP contribution is 2.26. The molecule has 0 aromatic heterocycles. The molecule has 0 aliphatic heterocycles. The first-order valence-corrected chi connectivity index (χ1v) is 4.54. The molecule has 0 saturated heterocycles. The lowest BCUT2D eigenvalue weighted by molar-refractivity contribution is 0.130. The maximum Gasteiger partial charge on any atom is 0.125 e. The van der Waals surface area contributed by atoms with Crippen LogP contribution in [0.15, 0.2) is 18.2 Å². The lowest BCUT2D eigenvalue weighted by atomic mass is 10.2. The number of hydrogen-bond donors (Lipinski definition) is 1. The van der Waals surface area contributed by atoms with Gasteiger partial charge in [-0.1, -0.05) is 0 Å². The van der Waals surface area contributed by atoms with Crippen LogP contribution in [0.1, 0.15) is 20.8 Å². The third kappa shape index (κ3) is 3.17. The number of methoxy groups -OCH3 is 1. The average molecular weight is 195 g/mol. The number of anilines is 1. The monoisotopic (exact) mass is 195 g/mol. The summed E-state index contributed by atoms with van der Waals surface area (Å²) in [5.41, 5.74) is 6.11. The van der Waals surface area contributed by atoms with E-state index >= 15 is 0 Å². The highest BCUT2D eigenvalue weighted by atomic mass is 16.5. The topological polar surface area (TPSA) is 44.5 Å². The van der Waals surface area contributed by atoms with Crippen LogP contribution in [-0.4, -0.2) is 12.7 Å². The third-order valence-electron chi connectivity index (χ3n) is 1.56. The Morgan fingerprint density at radius 3 is 2.14 bits per heavy atom. The van der Waals surface area contributed by atoms with Gasteiger partial charge in [0.1, 0.15) is 17.1 Å². The van der Waals surface area contributed by atoms with E-state index in [1.54, 1.807) is 19.2 Å². The van der Waals surface area contributed by atoms with Crippen molar-refractivity contribution in [2.24, 2.45) is 0 Å². The molecule has 3 nitrogen and oxygen atoms in total. The molecule has 0 fully saturated rings. The molecule has 1 aromatic carbocycles. The van der Waals surface area contributed by atoms with Crippen LogP contribution in [0.3, 0.4) is 0 Å². The van der Waals surface area contributed by atoms with Gasteiger partial charge in [0.05, 0.1) is 7.11 Å². The summed E-state index contributed by atoms with van der Waals surface area (Å²) < 4.78 is 10.8. The van der Waals surface area contributed by atoms with Gasteiger partial charge in [-0.15, -0.1) is 0 Å². The van der Waals surface area contributed by atoms with Crippen LogP contribution in [0.5, 0.6) is 11.5 Å². The normalized spacial score (nSPS) is 11.1. The van der Waals surface area contributed by atoms with E-state index in [1.165, 1.54) is 0 Å². The molecule has 14 heavy (non-hydrogen) atoms. The smallest absolute Gasteiger partial charge is 0.125 e. The summed E-state index contributed by atoms with van der Waals surface area (Å²) in [5.74, 6) is 1.44. The highest BCUT2D eigenvalue weighted by molar-refractivity contribution is 5.50. The van der Waals surface area contributed by atoms with Crippen LogP contribution in [0.25, 0.3) is 0 Å². The van der Waals surface area contributed by atoms with Crippen molar-refractivity contribution in [2.45, 2.75) is 26.4 Å². The first-order chi connectivity index (χ1) is 6.40. The molecule has 0 bridgehead atoms. The molecule has 0 aliphatic rings. The summed E-state index contributed by atoms with van der Waals surface area (Å²) in [6.45, 7) is 5.97. The van der Waals surface area contributed by atoms with Crippen molar-refractivity contribution in [3.8, 4) is 11.5 Å². The second-order valence-corrected chi connectivity index (χ2v) is 4.16. The fourth-order valence-corrected chi connectivity index (χ4v) is 1.12.